The van der Waals surface area contributed by atoms with Gasteiger partial charge in [0.15, 0.2) is 11.5 Å². The number of thioether (sulfide) groups is 1. The highest BCUT2D eigenvalue weighted by atomic mass is 32.2. The quantitative estimate of drug-likeness (QED) is 0.380. The summed E-state index contributed by atoms with van der Waals surface area (Å²) in [6.07, 6.45) is 2.90. The molecule has 0 saturated carbocycles. The van der Waals surface area contributed by atoms with Crippen LogP contribution >= 0.6 is 24.0 Å². The molecule has 2 saturated heterocycles. The summed E-state index contributed by atoms with van der Waals surface area (Å²) in [4.78, 5) is 42.4. The molecule has 3 aliphatic rings. The SMILES string of the molecule is COc1cc(C=C2SC(=S)N(CCC(=O)N3CC4CC(C3)c3cccc(=O)n3C4)C2=O)cc(OC)c1OC. The number of hydrogen-bond donors (Lipinski definition) is 0. The van der Waals surface area contributed by atoms with Crippen LogP contribution in [0.3, 0.4) is 0 Å². The number of ether oxygens (including phenoxy) is 3. The van der Waals surface area contributed by atoms with Crippen molar-refractivity contribution in [3.8, 4) is 17.2 Å². The Morgan fingerprint density at radius 2 is 1.82 bits per heavy atom. The van der Waals surface area contributed by atoms with Crippen LogP contribution in [0.15, 0.2) is 40.0 Å². The molecule has 0 N–H and O–H groups in total. The van der Waals surface area contributed by atoms with Gasteiger partial charge < -0.3 is 23.7 Å². The molecular weight excluding hydrogens is 526 g/mol. The maximum Gasteiger partial charge on any atom is 0.266 e. The highest BCUT2D eigenvalue weighted by Crippen LogP contribution is 2.40. The predicted octanol–water partition coefficient (Wildman–Crippen LogP) is 3.11. The van der Waals surface area contributed by atoms with Gasteiger partial charge in [-0.2, -0.15) is 0 Å². The lowest BCUT2D eigenvalue weighted by Crippen LogP contribution is -2.49. The van der Waals surface area contributed by atoms with E-state index in [1.165, 1.54) is 38.0 Å². The fraction of sp³-hybridized carbons (Fsp3) is 0.407. The Morgan fingerprint density at radius 1 is 1.08 bits per heavy atom. The van der Waals surface area contributed by atoms with E-state index in [1.807, 2.05) is 15.5 Å². The average molecular weight is 556 g/mol. The minimum absolute atomic E-state index is 0.00548. The fourth-order valence-corrected chi connectivity index (χ4v) is 6.80. The molecule has 0 aliphatic carbocycles. The van der Waals surface area contributed by atoms with E-state index < -0.39 is 0 Å². The van der Waals surface area contributed by atoms with Gasteiger partial charge in [0.1, 0.15) is 4.32 Å². The summed E-state index contributed by atoms with van der Waals surface area (Å²) in [6.45, 7) is 2.06. The van der Waals surface area contributed by atoms with Crippen molar-refractivity contribution in [3.05, 3.63) is 56.8 Å². The number of pyridine rings is 1. The Balaban J connectivity index is 1.25. The molecule has 0 spiro atoms. The Morgan fingerprint density at radius 3 is 2.50 bits per heavy atom. The smallest absolute Gasteiger partial charge is 0.266 e. The van der Waals surface area contributed by atoms with E-state index in [0.717, 1.165) is 12.1 Å². The number of methoxy groups -OCH3 is 3. The number of aromatic nitrogens is 1. The first-order valence-corrected chi connectivity index (χ1v) is 13.6. The number of thiocarbonyl (C=S) groups is 1. The zero-order valence-corrected chi connectivity index (χ0v) is 23.1. The average Bonchev–Trinajstić information content (AvgIpc) is 3.18. The number of piperidine rings is 1. The highest BCUT2D eigenvalue weighted by molar-refractivity contribution is 8.26. The van der Waals surface area contributed by atoms with Gasteiger partial charge in [-0.3, -0.25) is 19.3 Å². The lowest BCUT2D eigenvalue weighted by atomic mass is 9.83. The molecule has 2 bridgehead atoms. The molecule has 2 atom stereocenters. The molecule has 2 unspecified atom stereocenters. The van der Waals surface area contributed by atoms with Crippen LogP contribution in [0.25, 0.3) is 6.08 Å². The van der Waals surface area contributed by atoms with E-state index in [2.05, 4.69) is 0 Å². The van der Waals surface area contributed by atoms with Gasteiger partial charge in [0.05, 0.1) is 26.2 Å². The monoisotopic (exact) mass is 555 g/mol. The van der Waals surface area contributed by atoms with Crippen molar-refractivity contribution in [1.82, 2.24) is 14.4 Å². The first kappa shape index (κ1) is 26.3. The molecule has 2 aromatic rings. The first-order valence-electron chi connectivity index (χ1n) is 12.4. The number of amides is 2. The lowest BCUT2D eigenvalue weighted by Gasteiger charge is -2.42. The van der Waals surface area contributed by atoms with E-state index in [-0.39, 0.29) is 42.2 Å². The van der Waals surface area contributed by atoms with Gasteiger partial charge >= 0.3 is 0 Å². The molecule has 2 fully saturated rings. The minimum atomic E-state index is -0.231. The molecule has 4 heterocycles. The van der Waals surface area contributed by atoms with Crippen LogP contribution in [0.1, 0.15) is 30.0 Å². The summed E-state index contributed by atoms with van der Waals surface area (Å²) in [5.74, 6) is 1.60. The molecule has 2 amide bonds. The predicted molar refractivity (Wildman–Crippen MR) is 149 cm³/mol. The second kappa shape index (κ2) is 10.8. The molecular formula is C27H29N3O6S2. The van der Waals surface area contributed by atoms with Crippen LogP contribution in [0.2, 0.25) is 0 Å². The van der Waals surface area contributed by atoms with E-state index in [4.69, 9.17) is 26.4 Å². The highest BCUT2D eigenvalue weighted by Gasteiger charge is 2.37. The number of nitrogens with zero attached hydrogens (tertiary/aromatic N) is 3. The molecule has 1 aromatic carbocycles. The Labute approximate surface area is 230 Å². The van der Waals surface area contributed by atoms with Crippen molar-refractivity contribution in [1.29, 1.82) is 0 Å². The zero-order chi connectivity index (χ0) is 27.0. The first-order chi connectivity index (χ1) is 18.3. The van der Waals surface area contributed by atoms with Gasteiger partial charge in [-0.25, -0.2) is 0 Å². The zero-order valence-electron chi connectivity index (χ0n) is 21.5. The standard InChI is InChI=1S/C27H29N3O6S2/c1-34-20-10-16(11-21(35-2)25(20)36-3)12-22-26(33)29(27(37)38-22)8-7-23(31)28-13-17-9-18(15-28)19-5-4-6-24(32)30(19)14-17/h4-6,10-12,17-18H,7-9,13-15H2,1-3H3. The minimum Gasteiger partial charge on any atom is -0.493 e. The molecule has 11 heteroatoms. The lowest BCUT2D eigenvalue weighted by molar-refractivity contribution is -0.134. The number of carbonyl (C=O) groups is 2. The summed E-state index contributed by atoms with van der Waals surface area (Å²) in [5, 5.41) is 0. The topological polar surface area (TPSA) is 90.3 Å². The second-order valence-electron chi connectivity index (χ2n) is 9.54. The maximum atomic E-state index is 13.2. The summed E-state index contributed by atoms with van der Waals surface area (Å²) in [5.41, 5.74) is 1.72. The number of rotatable bonds is 7. The maximum absolute atomic E-state index is 13.2. The van der Waals surface area contributed by atoms with Crippen LogP contribution in [0.5, 0.6) is 17.2 Å². The van der Waals surface area contributed by atoms with Gasteiger partial charge in [0, 0.05) is 50.3 Å². The molecule has 0 radical (unpaired) electrons. The largest absolute Gasteiger partial charge is 0.493 e. The van der Waals surface area contributed by atoms with Crippen molar-refractivity contribution < 1.29 is 23.8 Å². The third-order valence-electron chi connectivity index (χ3n) is 7.24. The summed E-state index contributed by atoms with van der Waals surface area (Å²) < 4.78 is 18.5. The van der Waals surface area contributed by atoms with Gasteiger partial charge in [0.25, 0.3) is 11.5 Å². The van der Waals surface area contributed by atoms with Crippen LogP contribution in [-0.4, -0.2) is 71.5 Å². The number of fused-ring (bicyclic) bond motifs is 4. The second-order valence-corrected chi connectivity index (χ2v) is 11.2. The van der Waals surface area contributed by atoms with Gasteiger partial charge in [-0.05, 0) is 42.2 Å². The molecule has 3 aliphatic heterocycles. The number of carbonyl (C=O) groups excluding carboxylic acids is 2. The number of hydrogen-bond acceptors (Lipinski definition) is 8. The molecule has 200 valence electrons. The van der Waals surface area contributed by atoms with Crippen LogP contribution in [0.4, 0.5) is 0 Å². The van der Waals surface area contributed by atoms with Crippen molar-refractivity contribution >= 4 is 46.2 Å². The number of benzene rings is 1. The van der Waals surface area contributed by atoms with Crippen molar-refractivity contribution in [3.63, 3.8) is 0 Å². The van der Waals surface area contributed by atoms with E-state index in [0.29, 0.717) is 51.7 Å². The van der Waals surface area contributed by atoms with Crippen molar-refractivity contribution in [2.24, 2.45) is 5.92 Å². The Hall–Kier alpha value is -3.31. The van der Waals surface area contributed by atoms with Crippen LogP contribution < -0.4 is 19.8 Å². The Bertz CT molecular complexity index is 1360. The number of likely N-dealkylation sites (tertiary alicyclic amines) is 1. The summed E-state index contributed by atoms with van der Waals surface area (Å²) >= 11 is 6.68. The molecule has 9 nitrogen and oxygen atoms in total. The van der Waals surface area contributed by atoms with Gasteiger partial charge in [-0.15, -0.1) is 0 Å². The molecule has 38 heavy (non-hydrogen) atoms. The van der Waals surface area contributed by atoms with Crippen LogP contribution in [0, 0.1) is 5.92 Å². The third kappa shape index (κ3) is 4.92. The molecule has 1 aromatic heterocycles. The van der Waals surface area contributed by atoms with Crippen molar-refractivity contribution in [2.45, 2.75) is 25.3 Å². The Kier molecular flexibility index (Phi) is 7.49. The van der Waals surface area contributed by atoms with E-state index in [1.54, 1.807) is 30.3 Å². The van der Waals surface area contributed by atoms with E-state index in [9.17, 15) is 14.4 Å². The van der Waals surface area contributed by atoms with Crippen LogP contribution in [-0.2, 0) is 16.1 Å². The van der Waals surface area contributed by atoms with Gasteiger partial charge in [-0.1, -0.05) is 30.0 Å². The summed E-state index contributed by atoms with van der Waals surface area (Å²) in [7, 11) is 4.60. The van der Waals surface area contributed by atoms with E-state index >= 15 is 0 Å². The normalized spacial score (nSPS) is 21.5. The van der Waals surface area contributed by atoms with Gasteiger partial charge in [0.2, 0.25) is 11.7 Å². The van der Waals surface area contributed by atoms with Crippen molar-refractivity contribution in [2.75, 3.05) is 41.0 Å². The fourth-order valence-electron chi connectivity index (χ4n) is 5.49. The molecule has 5 rings (SSSR count). The third-order valence-corrected chi connectivity index (χ3v) is 8.62. The summed E-state index contributed by atoms with van der Waals surface area (Å²) in [6, 6.07) is 8.88.